The molecule has 2 aliphatic heterocycles. The third-order valence-electron chi connectivity index (χ3n) is 5.68. The molecule has 0 aliphatic carbocycles. The van der Waals surface area contributed by atoms with E-state index in [1.165, 1.54) is 12.1 Å². The highest BCUT2D eigenvalue weighted by atomic mass is 19.1. The van der Waals surface area contributed by atoms with Gasteiger partial charge in [-0.1, -0.05) is 13.8 Å². The van der Waals surface area contributed by atoms with Crippen LogP contribution in [0.4, 0.5) is 10.1 Å². The lowest BCUT2D eigenvalue weighted by atomic mass is 10.0. The molecule has 1 amide bonds. The van der Waals surface area contributed by atoms with Gasteiger partial charge in [0.25, 0.3) is 5.91 Å². The Bertz CT molecular complexity index is 982. The summed E-state index contributed by atoms with van der Waals surface area (Å²) >= 11 is 0. The molecular formula is C24H27FN2O3. The predicted octanol–water partition coefficient (Wildman–Crippen LogP) is 4.68. The fourth-order valence-corrected chi connectivity index (χ4v) is 3.97. The Labute approximate surface area is 176 Å². The first-order valence-corrected chi connectivity index (χ1v) is 10.6. The fraction of sp³-hybridized carbons (Fsp3) is 0.375. The van der Waals surface area contributed by atoms with Gasteiger partial charge in [0.2, 0.25) is 0 Å². The van der Waals surface area contributed by atoms with Gasteiger partial charge in [-0.05, 0) is 68.9 Å². The van der Waals surface area contributed by atoms with E-state index in [0.717, 1.165) is 49.4 Å². The average molecular weight is 410 g/mol. The first-order valence-electron chi connectivity index (χ1n) is 10.6. The zero-order valence-electron chi connectivity index (χ0n) is 17.5. The van der Waals surface area contributed by atoms with Gasteiger partial charge in [0, 0.05) is 22.4 Å². The van der Waals surface area contributed by atoms with Crippen molar-refractivity contribution < 1.29 is 18.7 Å². The Kier molecular flexibility index (Phi) is 6.04. The van der Waals surface area contributed by atoms with Gasteiger partial charge >= 0.3 is 0 Å². The van der Waals surface area contributed by atoms with Crippen molar-refractivity contribution >= 4 is 22.9 Å². The SMILES string of the molecule is CCN(CC)CCCCOc1ccc2c(c1)COC2=C1C(=O)Nc2ccc(F)cc21. The van der Waals surface area contributed by atoms with Crippen LogP contribution < -0.4 is 10.1 Å². The van der Waals surface area contributed by atoms with Crippen LogP contribution in [0.15, 0.2) is 36.4 Å². The maximum atomic E-state index is 13.7. The molecule has 0 atom stereocenters. The van der Waals surface area contributed by atoms with Crippen molar-refractivity contribution in [3.05, 3.63) is 58.9 Å². The van der Waals surface area contributed by atoms with E-state index in [1.54, 1.807) is 6.07 Å². The number of rotatable bonds is 8. The summed E-state index contributed by atoms with van der Waals surface area (Å²) in [6.45, 7) is 8.65. The quantitative estimate of drug-likeness (QED) is 0.507. The number of carbonyl (C=O) groups excluding carboxylic acids is 1. The largest absolute Gasteiger partial charge is 0.494 e. The normalized spacial score (nSPS) is 17.0. The van der Waals surface area contributed by atoms with Gasteiger partial charge in [0.15, 0.2) is 0 Å². The smallest absolute Gasteiger partial charge is 0.260 e. The minimum absolute atomic E-state index is 0.271. The number of fused-ring (bicyclic) bond motifs is 2. The van der Waals surface area contributed by atoms with Gasteiger partial charge in [-0.15, -0.1) is 0 Å². The van der Waals surface area contributed by atoms with Crippen molar-refractivity contribution in [3.8, 4) is 5.75 Å². The average Bonchev–Trinajstić information content (AvgIpc) is 3.29. The highest BCUT2D eigenvalue weighted by Gasteiger charge is 2.32. The molecule has 2 heterocycles. The van der Waals surface area contributed by atoms with E-state index in [-0.39, 0.29) is 11.7 Å². The summed E-state index contributed by atoms with van der Waals surface area (Å²) in [4.78, 5) is 14.9. The molecule has 6 heteroatoms. The number of hydrogen-bond donors (Lipinski definition) is 1. The first kappa shape index (κ1) is 20.4. The molecule has 4 rings (SSSR count). The molecule has 1 N–H and O–H groups in total. The van der Waals surface area contributed by atoms with E-state index in [2.05, 4.69) is 24.1 Å². The second kappa shape index (κ2) is 8.88. The number of amides is 1. The van der Waals surface area contributed by atoms with Crippen molar-refractivity contribution in [2.24, 2.45) is 0 Å². The molecule has 0 spiro atoms. The van der Waals surface area contributed by atoms with E-state index in [4.69, 9.17) is 9.47 Å². The zero-order valence-corrected chi connectivity index (χ0v) is 17.5. The molecule has 0 aromatic heterocycles. The van der Waals surface area contributed by atoms with E-state index in [1.807, 2.05) is 18.2 Å². The number of anilines is 1. The van der Waals surface area contributed by atoms with Crippen LogP contribution in [0.3, 0.4) is 0 Å². The van der Waals surface area contributed by atoms with Crippen LogP contribution in [0.5, 0.6) is 5.75 Å². The van der Waals surface area contributed by atoms with Crippen LogP contribution in [0.25, 0.3) is 11.3 Å². The number of ether oxygens (including phenoxy) is 2. The molecule has 0 fully saturated rings. The third kappa shape index (κ3) is 4.05. The van der Waals surface area contributed by atoms with Gasteiger partial charge in [-0.2, -0.15) is 0 Å². The van der Waals surface area contributed by atoms with E-state index in [9.17, 15) is 9.18 Å². The minimum Gasteiger partial charge on any atom is -0.494 e. The van der Waals surface area contributed by atoms with Crippen molar-refractivity contribution in [1.29, 1.82) is 0 Å². The molecule has 2 aromatic rings. The van der Waals surface area contributed by atoms with Crippen LogP contribution in [-0.4, -0.2) is 37.0 Å². The number of unbranched alkanes of at least 4 members (excludes halogenated alkanes) is 1. The molecule has 158 valence electrons. The zero-order chi connectivity index (χ0) is 21.1. The number of carbonyl (C=O) groups is 1. The lowest BCUT2D eigenvalue weighted by Gasteiger charge is -2.17. The Morgan fingerprint density at radius 1 is 1.10 bits per heavy atom. The highest BCUT2D eigenvalue weighted by Crippen LogP contribution is 2.42. The van der Waals surface area contributed by atoms with Crippen LogP contribution >= 0.6 is 0 Å². The van der Waals surface area contributed by atoms with E-state index in [0.29, 0.717) is 35.8 Å². The number of halogens is 1. The molecular weight excluding hydrogens is 383 g/mol. The minimum atomic E-state index is -0.383. The Morgan fingerprint density at radius 3 is 2.73 bits per heavy atom. The van der Waals surface area contributed by atoms with Gasteiger partial charge in [0.1, 0.15) is 23.9 Å². The molecule has 0 unspecified atom stereocenters. The van der Waals surface area contributed by atoms with Gasteiger partial charge < -0.3 is 19.7 Å². The van der Waals surface area contributed by atoms with Crippen LogP contribution in [0.1, 0.15) is 43.4 Å². The van der Waals surface area contributed by atoms with Crippen LogP contribution in [0, 0.1) is 5.82 Å². The van der Waals surface area contributed by atoms with Gasteiger partial charge in [0.05, 0.1) is 12.2 Å². The highest BCUT2D eigenvalue weighted by molar-refractivity contribution is 6.36. The van der Waals surface area contributed by atoms with E-state index >= 15 is 0 Å². The summed E-state index contributed by atoms with van der Waals surface area (Å²) in [5.41, 5.74) is 3.34. The van der Waals surface area contributed by atoms with Crippen LogP contribution in [-0.2, 0) is 16.1 Å². The van der Waals surface area contributed by atoms with Crippen LogP contribution in [0.2, 0.25) is 0 Å². The Hall–Kier alpha value is -2.86. The van der Waals surface area contributed by atoms with Crippen molar-refractivity contribution in [3.63, 3.8) is 0 Å². The summed E-state index contributed by atoms with van der Waals surface area (Å²) in [6.07, 6.45) is 2.11. The Morgan fingerprint density at radius 2 is 1.93 bits per heavy atom. The number of benzene rings is 2. The van der Waals surface area contributed by atoms with E-state index < -0.39 is 0 Å². The summed E-state index contributed by atoms with van der Waals surface area (Å²) < 4.78 is 25.5. The molecule has 0 saturated carbocycles. The van der Waals surface area contributed by atoms with Crippen molar-refractivity contribution in [2.45, 2.75) is 33.3 Å². The van der Waals surface area contributed by atoms with Crippen molar-refractivity contribution in [2.75, 3.05) is 31.6 Å². The predicted molar refractivity (Wildman–Crippen MR) is 116 cm³/mol. The summed E-state index contributed by atoms with van der Waals surface area (Å²) in [6, 6.07) is 10.1. The summed E-state index contributed by atoms with van der Waals surface area (Å²) in [5.74, 6) is 0.643. The molecule has 2 aromatic carbocycles. The summed E-state index contributed by atoms with van der Waals surface area (Å²) in [5, 5.41) is 2.78. The number of nitrogens with zero attached hydrogens (tertiary/aromatic N) is 1. The maximum Gasteiger partial charge on any atom is 0.260 e. The molecule has 30 heavy (non-hydrogen) atoms. The number of nitrogens with one attached hydrogen (secondary N) is 1. The van der Waals surface area contributed by atoms with Gasteiger partial charge in [-0.25, -0.2) is 4.39 Å². The number of hydrogen-bond acceptors (Lipinski definition) is 4. The van der Waals surface area contributed by atoms with Crippen molar-refractivity contribution in [1.82, 2.24) is 4.90 Å². The summed E-state index contributed by atoms with van der Waals surface area (Å²) in [7, 11) is 0. The molecule has 0 bridgehead atoms. The lowest BCUT2D eigenvalue weighted by Crippen LogP contribution is -2.24. The monoisotopic (exact) mass is 410 g/mol. The molecule has 2 aliphatic rings. The second-order valence-electron chi connectivity index (χ2n) is 7.54. The molecule has 0 saturated heterocycles. The topological polar surface area (TPSA) is 50.8 Å². The van der Waals surface area contributed by atoms with Gasteiger partial charge in [-0.3, -0.25) is 4.79 Å². The second-order valence-corrected chi connectivity index (χ2v) is 7.54. The molecule has 5 nitrogen and oxygen atoms in total. The lowest BCUT2D eigenvalue weighted by molar-refractivity contribution is -0.110. The fourth-order valence-electron chi connectivity index (χ4n) is 3.97. The first-order chi connectivity index (χ1) is 14.6. The maximum absolute atomic E-state index is 13.7. The standard InChI is InChI=1S/C24H27FN2O3/c1-3-27(4-2)11-5-6-12-29-18-8-9-19-16(13-18)15-30-23(19)22-20-14-17(25)7-10-21(20)26-24(22)28/h7-10,13-14H,3-6,11-12,15H2,1-2H3,(H,26,28). The molecule has 0 radical (unpaired) electrons. The third-order valence-corrected chi connectivity index (χ3v) is 5.68. The Balaban J connectivity index is 1.45.